The Hall–Kier alpha value is -1.73. The second-order valence-electron chi connectivity index (χ2n) is 4.34. The lowest BCUT2D eigenvalue weighted by molar-refractivity contribution is 0.1000. The van der Waals surface area contributed by atoms with Crippen LogP contribution in [0.15, 0.2) is 45.8 Å². The second-order valence-corrected chi connectivity index (χ2v) is 6.68. The number of rotatable bonds is 4. The minimum atomic E-state index is -1.52. The third-order valence-corrected chi connectivity index (χ3v) is 4.76. The molecule has 0 aliphatic rings. The number of amides is 1. The Labute approximate surface area is 131 Å². The molecule has 110 valence electrons. The average Bonchev–Trinajstić information content (AvgIpc) is 2.40. The molecule has 2 rings (SSSR count). The summed E-state index contributed by atoms with van der Waals surface area (Å²) >= 11 is 3.26. The van der Waals surface area contributed by atoms with Crippen LogP contribution in [0.25, 0.3) is 0 Å². The van der Waals surface area contributed by atoms with Gasteiger partial charge in [-0.2, -0.15) is 0 Å². The minimum absolute atomic E-state index is 0.0845. The van der Waals surface area contributed by atoms with Crippen LogP contribution in [0.3, 0.4) is 0 Å². The molecular formula is C14H12BrFN2O2S. The predicted octanol–water partition coefficient (Wildman–Crippen LogP) is 2.58. The molecule has 1 atom stereocenters. The molecule has 0 radical (unpaired) electrons. The molecule has 0 saturated heterocycles. The third-order valence-electron chi connectivity index (χ3n) is 2.83. The highest BCUT2D eigenvalue weighted by molar-refractivity contribution is 9.10. The number of carbonyl (C=O) groups is 1. The van der Waals surface area contributed by atoms with E-state index < -0.39 is 22.5 Å². The molecule has 4 N–H and O–H groups in total. The van der Waals surface area contributed by atoms with Crippen LogP contribution in [0.4, 0.5) is 10.1 Å². The smallest absolute Gasteiger partial charge is 0.248 e. The summed E-state index contributed by atoms with van der Waals surface area (Å²) in [5.41, 5.74) is 11.6. The molecule has 0 spiro atoms. The van der Waals surface area contributed by atoms with Crippen molar-refractivity contribution in [3.8, 4) is 0 Å². The fourth-order valence-electron chi connectivity index (χ4n) is 1.78. The molecule has 0 aliphatic carbocycles. The Kier molecular flexibility index (Phi) is 4.74. The monoisotopic (exact) mass is 370 g/mol. The highest BCUT2D eigenvalue weighted by atomic mass is 79.9. The fourth-order valence-corrected chi connectivity index (χ4v) is 3.36. The molecule has 0 bridgehead atoms. The molecule has 0 saturated carbocycles. The molecule has 21 heavy (non-hydrogen) atoms. The zero-order valence-corrected chi connectivity index (χ0v) is 13.2. The quantitative estimate of drug-likeness (QED) is 0.810. The number of nitrogens with two attached hydrogens (primary N) is 2. The van der Waals surface area contributed by atoms with Gasteiger partial charge < -0.3 is 11.5 Å². The van der Waals surface area contributed by atoms with E-state index in [-0.39, 0.29) is 16.9 Å². The van der Waals surface area contributed by atoms with Crippen LogP contribution >= 0.6 is 15.9 Å². The predicted molar refractivity (Wildman–Crippen MR) is 83.6 cm³/mol. The van der Waals surface area contributed by atoms with Crippen LogP contribution in [0.1, 0.15) is 15.9 Å². The lowest BCUT2D eigenvalue weighted by Crippen LogP contribution is -2.12. The second kappa shape index (κ2) is 6.36. The van der Waals surface area contributed by atoms with Crippen molar-refractivity contribution in [2.45, 2.75) is 10.6 Å². The van der Waals surface area contributed by atoms with Gasteiger partial charge in [0.05, 0.1) is 21.4 Å². The van der Waals surface area contributed by atoms with Gasteiger partial charge in [-0.1, -0.05) is 15.9 Å². The average molecular weight is 371 g/mol. The molecule has 2 aromatic carbocycles. The lowest BCUT2D eigenvalue weighted by Gasteiger charge is -2.08. The Morgan fingerprint density at radius 2 is 1.95 bits per heavy atom. The van der Waals surface area contributed by atoms with Crippen molar-refractivity contribution in [2.24, 2.45) is 5.73 Å². The molecule has 0 aliphatic heterocycles. The number of nitrogen functional groups attached to an aromatic ring is 1. The van der Waals surface area contributed by atoms with Crippen molar-refractivity contribution in [1.29, 1.82) is 0 Å². The van der Waals surface area contributed by atoms with Crippen LogP contribution in [-0.2, 0) is 16.6 Å². The number of benzene rings is 2. The highest BCUT2D eigenvalue weighted by Gasteiger charge is 2.14. The van der Waals surface area contributed by atoms with Gasteiger partial charge >= 0.3 is 0 Å². The maximum absolute atomic E-state index is 13.7. The number of halogens is 2. The summed E-state index contributed by atoms with van der Waals surface area (Å²) < 4.78 is 26.8. The largest absolute Gasteiger partial charge is 0.398 e. The van der Waals surface area contributed by atoms with E-state index >= 15 is 0 Å². The van der Waals surface area contributed by atoms with Crippen molar-refractivity contribution in [1.82, 2.24) is 0 Å². The normalized spacial score (nSPS) is 12.1. The van der Waals surface area contributed by atoms with Gasteiger partial charge in [0.15, 0.2) is 0 Å². The summed E-state index contributed by atoms with van der Waals surface area (Å²) in [5.74, 6) is -1.28. The van der Waals surface area contributed by atoms with E-state index in [1.165, 1.54) is 12.1 Å². The van der Waals surface area contributed by atoms with Gasteiger partial charge in [0.2, 0.25) is 5.91 Å². The van der Waals surface area contributed by atoms with E-state index in [1.807, 2.05) is 0 Å². The van der Waals surface area contributed by atoms with Crippen molar-refractivity contribution < 1.29 is 13.4 Å². The first kappa shape index (κ1) is 15.7. The molecular weight excluding hydrogens is 359 g/mol. The van der Waals surface area contributed by atoms with E-state index in [4.69, 9.17) is 11.5 Å². The molecule has 0 aromatic heterocycles. The molecule has 0 fully saturated rings. The lowest BCUT2D eigenvalue weighted by atomic mass is 10.1. The maximum atomic E-state index is 13.7. The van der Waals surface area contributed by atoms with Gasteiger partial charge in [0.1, 0.15) is 5.82 Å². The summed E-state index contributed by atoms with van der Waals surface area (Å²) in [4.78, 5) is 11.5. The van der Waals surface area contributed by atoms with Gasteiger partial charge in [-0.15, -0.1) is 0 Å². The van der Waals surface area contributed by atoms with Crippen molar-refractivity contribution in [3.63, 3.8) is 0 Å². The molecule has 0 heterocycles. The molecule has 4 nitrogen and oxygen atoms in total. The fraction of sp³-hybridized carbons (Fsp3) is 0.0714. The zero-order valence-electron chi connectivity index (χ0n) is 10.8. The zero-order chi connectivity index (χ0) is 15.6. The maximum Gasteiger partial charge on any atom is 0.248 e. The Morgan fingerprint density at radius 3 is 2.57 bits per heavy atom. The summed E-state index contributed by atoms with van der Waals surface area (Å²) in [6.07, 6.45) is 0. The van der Waals surface area contributed by atoms with Crippen molar-refractivity contribution in [3.05, 3.63) is 57.8 Å². The van der Waals surface area contributed by atoms with Crippen LogP contribution in [0.2, 0.25) is 0 Å². The summed E-state index contributed by atoms with van der Waals surface area (Å²) in [5, 5.41) is 0. The van der Waals surface area contributed by atoms with Crippen LogP contribution in [0.5, 0.6) is 0 Å². The van der Waals surface area contributed by atoms with Gasteiger partial charge in [-0.25, -0.2) is 4.39 Å². The first-order valence-corrected chi connectivity index (χ1v) is 8.01. The van der Waals surface area contributed by atoms with Gasteiger partial charge in [-0.05, 0) is 36.4 Å². The van der Waals surface area contributed by atoms with Crippen LogP contribution in [-0.4, -0.2) is 10.1 Å². The number of carbonyl (C=O) groups excluding carboxylic acids is 1. The summed E-state index contributed by atoms with van der Waals surface area (Å²) in [6, 6.07) is 8.69. The molecule has 7 heteroatoms. The van der Waals surface area contributed by atoms with Gasteiger partial charge in [-0.3, -0.25) is 9.00 Å². The van der Waals surface area contributed by atoms with Crippen LogP contribution in [0, 0.1) is 5.82 Å². The first-order chi connectivity index (χ1) is 9.88. The third kappa shape index (κ3) is 3.68. The first-order valence-electron chi connectivity index (χ1n) is 5.90. The molecule has 1 unspecified atom stereocenters. The standard InChI is InChI=1S/C14H12BrFN2O2S/c15-10-2-4-13(12(17)6-10)21(20)7-9-5-8(14(18)19)1-3-11(9)16/h1-6H,7,17H2,(H2,18,19). The van der Waals surface area contributed by atoms with Gasteiger partial charge in [0.25, 0.3) is 0 Å². The Morgan fingerprint density at radius 1 is 1.24 bits per heavy atom. The number of hydrogen-bond acceptors (Lipinski definition) is 3. The van der Waals surface area contributed by atoms with E-state index in [1.54, 1.807) is 18.2 Å². The van der Waals surface area contributed by atoms with Crippen LogP contribution < -0.4 is 11.5 Å². The topological polar surface area (TPSA) is 86.2 Å². The number of primary amides is 1. The van der Waals surface area contributed by atoms with E-state index in [9.17, 15) is 13.4 Å². The van der Waals surface area contributed by atoms with E-state index in [0.29, 0.717) is 10.6 Å². The minimum Gasteiger partial charge on any atom is -0.398 e. The van der Waals surface area contributed by atoms with Gasteiger partial charge in [0, 0.05) is 21.3 Å². The SMILES string of the molecule is NC(=O)c1ccc(F)c(CS(=O)c2ccc(Br)cc2N)c1. The Balaban J connectivity index is 2.31. The summed E-state index contributed by atoms with van der Waals surface area (Å²) in [7, 11) is -1.52. The van der Waals surface area contributed by atoms with Crippen molar-refractivity contribution >= 4 is 38.3 Å². The Bertz CT molecular complexity index is 737. The molecule has 2 aromatic rings. The number of anilines is 1. The van der Waals surface area contributed by atoms with E-state index in [0.717, 1.165) is 10.5 Å². The van der Waals surface area contributed by atoms with Crippen molar-refractivity contribution in [2.75, 3.05) is 5.73 Å². The highest BCUT2D eigenvalue weighted by Crippen LogP contribution is 2.24. The molecule has 1 amide bonds. The summed E-state index contributed by atoms with van der Waals surface area (Å²) in [6.45, 7) is 0. The van der Waals surface area contributed by atoms with E-state index in [2.05, 4.69) is 15.9 Å². The number of hydrogen-bond donors (Lipinski definition) is 2.